The van der Waals surface area contributed by atoms with Crippen molar-refractivity contribution >= 4 is 34.8 Å². The summed E-state index contributed by atoms with van der Waals surface area (Å²) < 4.78 is 6.14. The molecule has 0 radical (unpaired) electrons. The fourth-order valence-electron chi connectivity index (χ4n) is 1.85. The van der Waals surface area contributed by atoms with Gasteiger partial charge in [0.05, 0.1) is 7.11 Å². The van der Waals surface area contributed by atoms with Gasteiger partial charge in [0.2, 0.25) is 11.8 Å². The molecule has 0 fully saturated rings. The number of nitrogens with one attached hydrogen (secondary N) is 1. The van der Waals surface area contributed by atoms with E-state index in [1.165, 1.54) is 21.0 Å². The lowest BCUT2D eigenvalue weighted by atomic mass is 10.3. The molecule has 2 aromatic rings. The Bertz CT molecular complexity index is 781. The van der Waals surface area contributed by atoms with E-state index in [0.29, 0.717) is 11.4 Å². The van der Waals surface area contributed by atoms with E-state index >= 15 is 0 Å². The zero-order valence-corrected chi connectivity index (χ0v) is 12.9. The Morgan fingerprint density at radius 3 is 2.57 bits per heavy atom. The number of ether oxygens (including phenoxy) is 1. The lowest BCUT2D eigenvalue weighted by Crippen LogP contribution is -2.15. The number of nitrogens with two attached hydrogens (primary N) is 1. The number of rotatable bonds is 4. The first-order valence-electron chi connectivity index (χ1n) is 6.65. The van der Waals surface area contributed by atoms with Crippen molar-refractivity contribution < 1.29 is 14.3 Å². The Balaban J connectivity index is 2.48. The van der Waals surface area contributed by atoms with Crippen molar-refractivity contribution in [2.24, 2.45) is 10.2 Å². The molecule has 0 aliphatic rings. The van der Waals surface area contributed by atoms with Crippen LogP contribution >= 0.6 is 0 Å². The molecule has 9 nitrogen and oxygen atoms in total. The SMILES string of the molecule is COc1ccccc1N=Nc1c(N)nn(C(C)=O)c1NC(C)=O. The smallest absolute Gasteiger partial charge is 0.245 e. The summed E-state index contributed by atoms with van der Waals surface area (Å²) in [6, 6.07) is 6.99. The molecule has 1 amide bonds. The Morgan fingerprint density at radius 2 is 1.96 bits per heavy atom. The molecule has 1 aromatic carbocycles. The van der Waals surface area contributed by atoms with Crippen molar-refractivity contribution in [1.29, 1.82) is 0 Å². The van der Waals surface area contributed by atoms with Gasteiger partial charge < -0.3 is 15.8 Å². The van der Waals surface area contributed by atoms with Gasteiger partial charge in [-0.25, -0.2) is 0 Å². The van der Waals surface area contributed by atoms with Gasteiger partial charge in [0.25, 0.3) is 0 Å². The lowest BCUT2D eigenvalue weighted by Gasteiger charge is -2.04. The van der Waals surface area contributed by atoms with Crippen LogP contribution in [0.3, 0.4) is 0 Å². The van der Waals surface area contributed by atoms with Crippen molar-refractivity contribution in [1.82, 2.24) is 9.78 Å². The Kier molecular flexibility index (Phi) is 4.69. The third-order valence-electron chi connectivity index (χ3n) is 2.82. The molecule has 1 heterocycles. The van der Waals surface area contributed by atoms with Crippen LogP contribution in [0.15, 0.2) is 34.5 Å². The number of nitrogen functional groups attached to an aromatic ring is 1. The quantitative estimate of drug-likeness (QED) is 0.838. The Morgan fingerprint density at radius 1 is 1.26 bits per heavy atom. The molecule has 0 atom stereocenters. The van der Waals surface area contributed by atoms with E-state index in [1.54, 1.807) is 24.3 Å². The number of carbonyl (C=O) groups is 2. The zero-order chi connectivity index (χ0) is 17.0. The van der Waals surface area contributed by atoms with Gasteiger partial charge in [0.1, 0.15) is 11.4 Å². The summed E-state index contributed by atoms with van der Waals surface area (Å²) in [5.74, 6) is -0.237. The van der Waals surface area contributed by atoms with Crippen LogP contribution in [0.2, 0.25) is 0 Å². The second kappa shape index (κ2) is 6.69. The number of hydrogen-bond donors (Lipinski definition) is 2. The van der Waals surface area contributed by atoms with Crippen LogP contribution in [0.5, 0.6) is 5.75 Å². The summed E-state index contributed by atoms with van der Waals surface area (Å²) in [5.41, 5.74) is 6.34. The largest absolute Gasteiger partial charge is 0.494 e. The summed E-state index contributed by atoms with van der Waals surface area (Å²) >= 11 is 0. The van der Waals surface area contributed by atoms with Crippen molar-refractivity contribution in [3.8, 4) is 5.75 Å². The van der Waals surface area contributed by atoms with Crippen LogP contribution in [-0.2, 0) is 4.79 Å². The summed E-state index contributed by atoms with van der Waals surface area (Å²) in [7, 11) is 1.51. The molecule has 0 saturated carbocycles. The second-order valence-electron chi connectivity index (χ2n) is 4.57. The average Bonchev–Trinajstić information content (AvgIpc) is 2.81. The first-order chi connectivity index (χ1) is 10.9. The third kappa shape index (κ3) is 3.51. The van der Waals surface area contributed by atoms with Crippen molar-refractivity contribution in [3.63, 3.8) is 0 Å². The first-order valence-corrected chi connectivity index (χ1v) is 6.65. The van der Waals surface area contributed by atoms with E-state index in [9.17, 15) is 9.59 Å². The van der Waals surface area contributed by atoms with E-state index in [-0.39, 0.29) is 23.2 Å². The first kappa shape index (κ1) is 16.1. The predicted molar refractivity (Wildman–Crippen MR) is 84.4 cm³/mol. The molecule has 0 unspecified atom stereocenters. The van der Waals surface area contributed by atoms with Gasteiger partial charge in [-0.2, -0.15) is 4.68 Å². The highest BCUT2D eigenvalue weighted by Gasteiger charge is 2.19. The molecule has 9 heteroatoms. The maximum absolute atomic E-state index is 11.6. The molecule has 0 bridgehead atoms. The van der Waals surface area contributed by atoms with E-state index in [2.05, 4.69) is 20.6 Å². The highest BCUT2D eigenvalue weighted by atomic mass is 16.5. The standard InChI is InChI=1S/C14H16N6O3/c1-8(21)16-14-12(13(15)19-20(14)9(2)22)18-17-10-6-4-5-7-11(10)23-3/h4-7H,1-3H3,(H2,15,19)(H,16,21). The monoisotopic (exact) mass is 316 g/mol. The number of para-hydroxylation sites is 1. The average molecular weight is 316 g/mol. The van der Waals surface area contributed by atoms with Gasteiger partial charge in [0.15, 0.2) is 17.3 Å². The van der Waals surface area contributed by atoms with Gasteiger partial charge in [-0.15, -0.1) is 15.3 Å². The van der Waals surface area contributed by atoms with Crippen molar-refractivity contribution in [2.45, 2.75) is 13.8 Å². The molecule has 0 aliphatic heterocycles. The number of azo groups is 1. The number of benzene rings is 1. The molecular weight excluding hydrogens is 300 g/mol. The molecule has 1 aromatic heterocycles. The second-order valence-corrected chi connectivity index (χ2v) is 4.57. The minimum Gasteiger partial charge on any atom is -0.494 e. The van der Waals surface area contributed by atoms with Gasteiger partial charge in [-0.05, 0) is 12.1 Å². The molecule has 120 valence electrons. The predicted octanol–water partition coefficient (Wildman–Crippen LogP) is 2.51. The van der Waals surface area contributed by atoms with Crippen LogP contribution in [0.1, 0.15) is 18.6 Å². The Hall–Kier alpha value is -3.23. The maximum atomic E-state index is 11.6. The van der Waals surface area contributed by atoms with Crippen LogP contribution in [0.25, 0.3) is 0 Å². The Labute approximate surface area is 132 Å². The number of nitrogens with zero attached hydrogens (tertiary/aromatic N) is 4. The highest BCUT2D eigenvalue weighted by molar-refractivity contribution is 5.96. The molecule has 3 N–H and O–H groups in total. The minimum atomic E-state index is -0.417. The molecule has 23 heavy (non-hydrogen) atoms. The van der Waals surface area contributed by atoms with Crippen LogP contribution in [0, 0.1) is 0 Å². The number of hydrogen-bond acceptors (Lipinski definition) is 7. The lowest BCUT2D eigenvalue weighted by molar-refractivity contribution is -0.114. The number of aromatic nitrogens is 2. The van der Waals surface area contributed by atoms with E-state index in [0.717, 1.165) is 4.68 Å². The van der Waals surface area contributed by atoms with Crippen LogP contribution in [0.4, 0.5) is 23.0 Å². The van der Waals surface area contributed by atoms with Crippen LogP contribution < -0.4 is 15.8 Å². The molecule has 0 aliphatic carbocycles. The zero-order valence-electron chi connectivity index (χ0n) is 12.9. The number of anilines is 2. The number of amides is 1. The minimum absolute atomic E-state index is 0.0254. The summed E-state index contributed by atoms with van der Waals surface area (Å²) in [4.78, 5) is 22.9. The topological polar surface area (TPSA) is 124 Å². The third-order valence-corrected chi connectivity index (χ3v) is 2.82. The van der Waals surface area contributed by atoms with Gasteiger partial charge in [0, 0.05) is 13.8 Å². The maximum Gasteiger partial charge on any atom is 0.245 e. The van der Waals surface area contributed by atoms with Gasteiger partial charge >= 0.3 is 0 Å². The number of carbonyl (C=O) groups excluding carboxylic acids is 2. The normalized spacial score (nSPS) is 10.7. The fourth-order valence-corrected chi connectivity index (χ4v) is 1.85. The molecular formula is C14H16N6O3. The highest BCUT2D eigenvalue weighted by Crippen LogP contribution is 2.35. The molecule has 2 rings (SSSR count). The number of methoxy groups -OCH3 is 1. The van der Waals surface area contributed by atoms with E-state index in [1.807, 2.05) is 0 Å². The van der Waals surface area contributed by atoms with Crippen molar-refractivity contribution in [3.05, 3.63) is 24.3 Å². The van der Waals surface area contributed by atoms with Gasteiger partial charge in [-0.3, -0.25) is 9.59 Å². The van der Waals surface area contributed by atoms with E-state index in [4.69, 9.17) is 10.5 Å². The van der Waals surface area contributed by atoms with Crippen molar-refractivity contribution in [2.75, 3.05) is 18.2 Å². The summed E-state index contributed by atoms with van der Waals surface area (Å²) in [6.07, 6.45) is 0. The fraction of sp³-hybridized carbons (Fsp3) is 0.214. The van der Waals surface area contributed by atoms with E-state index < -0.39 is 5.91 Å². The molecule has 0 spiro atoms. The summed E-state index contributed by atoms with van der Waals surface area (Å²) in [6.45, 7) is 2.59. The van der Waals surface area contributed by atoms with Gasteiger partial charge in [-0.1, -0.05) is 12.1 Å². The van der Waals surface area contributed by atoms with Crippen LogP contribution in [-0.4, -0.2) is 28.7 Å². The molecule has 0 saturated heterocycles. The summed E-state index contributed by atoms with van der Waals surface area (Å²) in [5, 5.41) is 14.4.